The molecule has 3 N–H and O–H groups in total. The van der Waals surface area contributed by atoms with Crippen molar-refractivity contribution in [2.24, 2.45) is 0 Å². The molecule has 0 aliphatic carbocycles. The number of hydrogen-bond acceptors (Lipinski definition) is 4. The van der Waals surface area contributed by atoms with Crippen molar-refractivity contribution < 1.29 is 19.1 Å². The molecule has 0 aliphatic heterocycles. The zero-order valence-corrected chi connectivity index (χ0v) is 18.5. The van der Waals surface area contributed by atoms with Crippen LogP contribution < -0.4 is 20.9 Å². The Hall–Kier alpha value is -3.55. The average molecular weight is 472 g/mol. The van der Waals surface area contributed by atoms with E-state index in [-0.39, 0.29) is 22.9 Å². The maximum atomic E-state index is 12.3. The number of halogens is 2. The molecular weight excluding hydrogens is 453 g/mol. The molecule has 9 heteroatoms. The number of anilines is 1. The van der Waals surface area contributed by atoms with Crippen LogP contribution in [0.25, 0.3) is 0 Å². The average Bonchev–Trinajstić information content (AvgIpc) is 2.78. The van der Waals surface area contributed by atoms with Gasteiger partial charge in [0.1, 0.15) is 5.75 Å². The van der Waals surface area contributed by atoms with E-state index in [1.54, 1.807) is 54.6 Å². The van der Waals surface area contributed by atoms with E-state index in [2.05, 4.69) is 16.2 Å². The van der Waals surface area contributed by atoms with Crippen LogP contribution in [0.15, 0.2) is 66.7 Å². The minimum absolute atomic E-state index is 0.125. The highest BCUT2D eigenvalue weighted by molar-refractivity contribution is 6.33. The van der Waals surface area contributed by atoms with E-state index in [4.69, 9.17) is 27.9 Å². The number of amides is 3. The topological polar surface area (TPSA) is 96.5 Å². The lowest BCUT2D eigenvalue weighted by Crippen LogP contribution is -2.41. The van der Waals surface area contributed by atoms with Crippen molar-refractivity contribution in [2.45, 2.75) is 6.42 Å². The number of carbonyl (C=O) groups excluding carboxylic acids is 3. The summed E-state index contributed by atoms with van der Waals surface area (Å²) in [5.41, 5.74) is 6.43. The van der Waals surface area contributed by atoms with Crippen LogP contribution in [0.5, 0.6) is 5.75 Å². The Morgan fingerprint density at radius 2 is 1.53 bits per heavy atom. The first kappa shape index (κ1) is 23.1. The molecule has 0 fully saturated rings. The minimum atomic E-state index is -0.536. The van der Waals surface area contributed by atoms with Crippen molar-refractivity contribution in [3.8, 4) is 5.75 Å². The van der Waals surface area contributed by atoms with Crippen molar-refractivity contribution in [2.75, 3.05) is 12.4 Å². The van der Waals surface area contributed by atoms with Crippen LogP contribution in [-0.2, 0) is 11.2 Å². The Kier molecular flexibility index (Phi) is 7.70. The Bertz CT molecular complexity index is 1150. The summed E-state index contributed by atoms with van der Waals surface area (Å²) in [5.74, 6) is -0.759. The second kappa shape index (κ2) is 10.7. The molecule has 0 bridgehead atoms. The third kappa shape index (κ3) is 6.00. The number of ether oxygens (including phenoxy) is 1. The van der Waals surface area contributed by atoms with Crippen molar-refractivity contribution in [3.05, 3.63) is 93.5 Å². The Morgan fingerprint density at radius 1 is 0.844 bits per heavy atom. The highest BCUT2D eigenvalue weighted by Gasteiger charge is 2.12. The molecule has 0 radical (unpaired) electrons. The van der Waals surface area contributed by atoms with E-state index >= 15 is 0 Å². The summed E-state index contributed by atoms with van der Waals surface area (Å²) in [4.78, 5) is 36.6. The molecule has 0 unspecified atom stereocenters. The smallest absolute Gasteiger partial charge is 0.271 e. The number of rotatable bonds is 6. The van der Waals surface area contributed by atoms with Gasteiger partial charge in [-0.25, -0.2) is 0 Å². The van der Waals surface area contributed by atoms with E-state index in [1.807, 2.05) is 0 Å². The van der Waals surface area contributed by atoms with E-state index in [1.165, 1.54) is 19.2 Å². The fraction of sp³-hybridized carbons (Fsp3) is 0.0870. The summed E-state index contributed by atoms with van der Waals surface area (Å²) in [7, 11) is 1.52. The number of nitrogens with one attached hydrogen (secondary N) is 3. The van der Waals surface area contributed by atoms with Gasteiger partial charge in [-0.15, -0.1) is 0 Å². The van der Waals surface area contributed by atoms with E-state index in [0.29, 0.717) is 22.0 Å². The molecule has 3 aromatic rings. The van der Waals surface area contributed by atoms with Gasteiger partial charge in [-0.1, -0.05) is 41.4 Å². The van der Waals surface area contributed by atoms with E-state index in [9.17, 15) is 14.4 Å². The molecule has 32 heavy (non-hydrogen) atoms. The Morgan fingerprint density at radius 3 is 2.19 bits per heavy atom. The molecule has 0 atom stereocenters. The maximum absolute atomic E-state index is 12.3. The molecule has 3 rings (SSSR count). The van der Waals surface area contributed by atoms with Crippen molar-refractivity contribution in [1.29, 1.82) is 0 Å². The summed E-state index contributed by atoms with van der Waals surface area (Å²) in [6, 6.07) is 17.8. The van der Waals surface area contributed by atoms with Crippen LogP contribution >= 0.6 is 23.2 Å². The number of benzene rings is 3. The zero-order valence-electron chi connectivity index (χ0n) is 16.9. The lowest BCUT2D eigenvalue weighted by molar-refractivity contribution is -0.115. The standard InChI is InChI=1S/C23H19Cl2N3O4/c1-32-20-11-6-14(12-19(20)25)13-21(29)26-16-9-7-15(8-10-16)22(30)27-28-23(31)17-4-2-3-5-18(17)24/h2-12H,13H2,1H3,(H,26,29)(H,27,30)(H,28,31). The van der Waals surface area contributed by atoms with Crippen molar-refractivity contribution >= 4 is 46.6 Å². The summed E-state index contributed by atoms with van der Waals surface area (Å²) in [5, 5.41) is 3.45. The number of hydrazine groups is 1. The number of carbonyl (C=O) groups is 3. The van der Waals surface area contributed by atoms with Crippen LogP contribution in [0.2, 0.25) is 10.0 Å². The fourth-order valence-corrected chi connectivity index (χ4v) is 3.32. The SMILES string of the molecule is COc1ccc(CC(=O)Nc2ccc(C(=O)NNC(=O)c3ccccc3Cl)cc2)cc1Cl. The normalized spacial score (nSPS) is 10.2. The quantitative estimate of drug-likeness (QED) is 0.468. The summed E-state index contributed by atoms with van der Waals surface area (Å²) in [6.45, 7) is 0. The van der Waals surface area contributed by atoms with Crippen LogP contribution in [0, 0.1) is 0 Å². The summed E-state index contributed by atoms with van der Waals surface area (Å²) in [6.07, 6.45) is 0.125. The second-order valence-electron chi connectivity index (χ2n) is 6.66. The minimum Gasteiger partial charge on any atom is -0.495 e. The van der Waals surface area contributed by atoms with Gasteiger partial charge < -0.3 is 10.1 Å². The fourth-order valence-electron chi connectivity index (χ4n) is 2.81. The van der Waals surface area contributed by atoms with Gasteiger partial charge in [0.05, 0.1) is 29.1 Å². The molecule has 0 spiro atoms. The first-order valence-electron chi connectivity index (χ1n) is 9.45. The summed E-state index contributed by atoms with van der Waals surface area (Å²) < 4.78 is 5.09. The summed E-state index contributed by atoms with van der Waals surface area (Å²) >= 11 is 12.0. The van der Waals surface area contributed by atoms with Gasteiger partial charge in [-0.2, -0.15) is 0 Å². The van der Waals surface area contributed by atoms with Gasteiger partial charge in [-0.3, -0.25) is 25.2 Å². The molecular formula is C23H19Cl2N3O4. The Labute approximate surface area is 194 Å². The van der Waals surface area contributed by atoms with Gasteiger partial charge in [0, 0.05) is 11.3 Å². The molecule has 0 saturated heterocycles. The molecule has 3 aromatic carbocycles. The van der Waals surface area contributed by atoms with Crippen LogP contribution in [0.3, 0.4) is 0 Å². The monoisotopic (exact) mass is 471 g/mol. The lowest BCUT2D eigenvalue weighted by Gasteiger charge is -2.10. The van der Waals surface area contributed by atoms with E-state index < -0.39 is 11.8 Å². The van der Waals surface area contributed by atoms with Gasteiger partial charge in [0.25, 0.3) is 11.8 Å². The highest BCUT2D eigenvalue weighted by atomic mass is 35.5. The largest absolute Gasteiger partial charge is 0.495 e. The second-order valence-corrected chi connectivity index (χ2v) is 7.47. The van der Waals surface area contributed by atoms with Crippen LogP contribution in [0.1, 0.15) is 26.3 Å². The maximum Gasteiger partial charge on any atom is 0.271 e. The first-order valence-corrected chi connectivity index (χ1v) is 10.2. The predicted octanol–water partition coefficient (Wildman–Crippen LogP) is 4.26. The van der Waals surface area contributed by atoms with Crippen molar-refractivity contribution in [1.82, 2.24) is 10.9 Å². The third-order valence-electron chi connectivity index (χ3n) is 4.42. The van der Waals surface area contributed by atoms with Gasteiger partial charge >= 0.3 is 0 Å². The first-order chi connectivity index (χ1) is 15.4. The molecule has 0 heterocycles. The molecule has 0 aromatic heterocycles. The zero-order chi connectivity index (χ0) is 23.1. The van der Waals surface area contributed by atoms with Gasteiger partial charge in [0.15, 0.2) is 0 Å². The molecule has 3 amide bonds. The van der Waals surface area contributed by atoms with Crippen molar-refractivity contribution in [3.63, 3.8) is 0 Å². The molecule has 164 valence electrons. The molecule has 7 nitrogen and oxygen atoms in total. The third-order valence-corrected chi connectivity index (χ3v) is 5.04. The van der Waals surface area contributed by atoms with Gasteiger partial charge in [0.2, 0.25) is 5.91 Å². The predicted molar refractivity (Wildman–Crippen MR) is 123 cm³/mol. The molecule has 0 saturated carbocycles. The van der Waals surface area contributed by atoms with E-state index in [0.717, 1.165) is 5.56 Å². The highest BCUT2D eigenvalue weighted by Crippen LogP contribution is 2.25. The number of methoxy groups -OCH3 is 1. The lowest BCUT2D eigenvalue weighted by atomic mass is 10.1. The Balaban J connectivity index is 1.53. The van der Waals surface area contributed by atoms with Crippen LogP contribution in [0.4, 0.5) is 5.69 Å². The van der Waals surface area contributed by atoms with Crippen LogP contribution in [-0.4, -0.2) is 24.8 Å². The molecule has 0 aliphatic rings. The number of hydrogen-bond donors (Lipinski definition) is 3. The van der Waals surface area contributed by atoms with Gasteiger partial charge in [-0.05, 0) is 54.1 Å².